The van der Waals surface area contributed by atoms with E-state index in [1.807, 2.05) is 40.9 Å². The Morgan fingerprint density at radius 3 is 2.74 bits per heavy atom. The Hall–Kier alpha value is -3.46. The third kappa shape index (κ3) is 4.51. The molecule has 0 radical (unpaired) electrons. The number of pyridine rings is 1. The van der Waals surface area contributed by atoms with Crippen molar-refractivity contribution >= 4 is 23.1 Å². The Bertz CT molecular complexity index is 1060. The summed E-state index contributed by atoms with van der Waals surface area (Å²) >= 11 is 0. The second kappa shape index (κ2) is 9.13. The number of carbonyl (C=O) groups excluding carboxylic acids is 2. The summed E-state index contributed by atoms with van der Waals surface area (Å²) < 4.78 is 7.18. The van der Waals surface area contributed by atoms with E-state index in [9.17, 15) is 9.59 Å². The minimum absolute atomic E-state index is 0.00945. The SMILES string of the molecule is COc1ccc(N(CCC(N)=O)C(=O)CN2CCC[C@H]2c2nnc3ccccn23)cc1. The molecule has 3 aromatic rings. The Morgan fingerprint density at radius 2 is 2.00 bits per heavy atom. The zero-order valence-corrected chi connectivity index (χ0v) is 17.5. The number of primary amides is 1. The number of benzene rings is 1. The molecule has 1 atom stereocenters. The van der Waals surface area contributed by atoms with Gasteiger partial charge in [0.25, 0.3) is 0 Å². The minimum atomic E-state index is -0.444. The molecule has 2 aromatic heterocycles. The van der Waals surface area contributed by atoms with Crippen LogP contribution in [0, 0.1) is 0 Å². The first-order valence-electron chi connectivity index (χ1n) is 10.3. The van der Waals surface area contributed by atoms with Crippen LogP contribution in [-0.4, -0.2) is 58.1 Å². The first kappa shape index (κ1) is 20.8. The lowest BCUT2D eigenvalue weighted by Gasteiger charge is -2.28. The number of fused-ring (bicyclic) bond motifs is 1. The minimum Gasteiger partial charge on any atom is -0.497 e. The fourth-order valence-corrected chi connectivity index (χ4v) is 4.04. The highest BCUT2D eigenvalue weighted by atomic mass is 16.5. The molecule has 0 unspecified atom stereocenters. The van der Waals surface area contributed by atoms with E-state index in [0.717, 1.165) is 30.9 Å². The third-order valence-electron chi connectivity index (χ3n) is 5.61. The van der Waals surface area contributed by atoms with Gasteiger partial charge in [-0.1, -0.05) is 6.07 Å². The van der Waals surface area contributed by atoms with Crippen LogP contribution in [-0.2, 0) is 9.59 Å². The first-order chi connectivity index (χ1) is 15.1. The lowest BCUT2D eigenvalue weighted by Crippen LogP contribution is -2.42. The molecule has 162 valence electrons. The Labute approximate surface area is 180 Å². The molecule has 0 bridgehead atoms. The molecule has 0 aliphatic carbocycles. The number of aromatic nitrogens is 3. The van der Waals surface area contributed by atoms with Gasteiger partial charge in [0.05, 0.1) is 19.7 Å². The fraction of sp³-hybridized carbons (Fsp3) is 0.364. The molecule has 9 nitrogen and oxygen atoms in total. The fourth-order valence-electron chi connectivity index (χ4n) is 4.04. The molecule has 1 aliphatic heterocycles. The maximum atomic E-state index is 13.3. The van der Waals surface area contributed by atoms with E-state index in [4.69, 9.17) is 10.5 Å². The van der Waals surface area contributed by atoms with E-state index >= 15 is 0 Å². The predicted molar refractivity (Wildman–Crippen MR) is 116 cm³/mol. The molecule has 9 heteroatoms. The summed E-state index contributed by atoms with van der Waals surface area (Å²) in [4.78, 5) is 28.4. The van der Waals surface area contributed by atoms with Gasteiger partial charge in [-0.2, -0.15) is 0 Å². The van der Waals surface area contributed by atoms with Gasteiger partial charge in [0.15, 0.2) is 11.5 Å². The third-order valence-corrected chi connectivity index (χ3v) is 5.61. The number of rotatable bonds is 8. The molecule has 0 spiro atoms. The van der Waals surface area contributed by atoms with E-state index in [1.165, 1.54) is 0 Å². The van der Waals surface area contributed by atoms with Crippen molar-refractivity contribution in [2.45, 2.75) is 25.3 Å². The van der Waals surface area contributed by atoms with Gasteiger partial charge < -0.3 is 15.4 Å². The first-order valence-corrected chi connectivity index (χ1v) is 10.3. The molecule has 2 amide bonds. The second-order valence-corrected chi connectivity index (χ2v) is 7.58. The Morgan fingerprint density at radius 1 is 1.19 bits per heavy atom. The van der Waals surface area contributed by atoms with Gasteiger partial charge in [-0.3, -0.25) is 18.9 Å². The quantitative estimate of drug-likeness (QED) is 0.593. The van der Waals surface area contributed by atoms with Crippen molar-refractivity contribution in [1.82, 2.24) is 19.5 Å². The van der Waals surface area contributed by atoms with E-state index in [1.54, 1.807) is 24.1 Å². The molecule has 1 saturated heterocycles. The summed E-state index contributed by atoms with van der Waals surface area (Å²) in [6.07, 6.45) is 3.92. The highest BCUT2D eigenvalue weighted by molar-refractivity contribution is 5.95. The van der Waals surface area contributed by atoms with E-state index in [2.05, 4.69) is 15.1 Å². The van der Waals surface area contributed by atoms with Crippen LogP contribution in [0.1, 0.15) is 31.1 Å². The number of ether oxygens (including phenoxy) is 1. The highest BCUT2D eigenvalue weighted by Gasteiger charge is 2.32. The normalized spacial score (nSPS) is 16.5. The van der Waals surface area contributed by atoms with Crippen molar-refractivity contribution in [3.05, 3.63) is 54.5 Å². The van der Waals surface area contributed by atoms with Crippen molar-refractivity contribution in [1.29, 1.82) is 0 Å². The van der Waals surface area contributed by atoms with Gasteiger partial charge in [-0.25, -0.2) is 0 Å². The Balaban J connectivity index is 1.54. The average Bonchev–Trinajstić information content (AvgIpc) is 3.40. The molecule has 1 fully saturated rings. The van der Waals surface area contributed by atoms with Crippen molar-refractivity contribution in [3.8, 4) is 5.75 Å². The van der Waals surface area contributed by atoms with Crippen LogP contribution >= 0.6 is 0 Å². The second-order valence-electron chi connectivity index (χ2n) is 7.58. The average molecular weight is 422 g/mol. The van der Waals surface area contributed by atoms with Gasteiger partial charge >= 0.3 is 0 Å². The van der Waals surface area contributed by atoms with E-state index in [-0.39, 0.29) is 31.5 Å². The van der Waals surface area contributed by atoms with Crippen molar-refractivity contribution in [2.75, 3.05) is 31.6 Å². The van der Waals surface area contributed by atoms with Crippen molar-refractivity contribution in [3.63, 3.8) is 0 Å². The number of likely N-dealkylation sites (tertiary alicyclic amines) is 1. The van der Waals surface area contributed by atoms with Crippen LogP contribution in [0.25, 0.3) is 5.65 Å². The lowest BCUT2D eigenvalue weighted by molar-refractivity contribution is -0.120. The number of nitrogens with zero attached hydrogens (tertiary/aromatic N) is 5. The summed E-state index contributed by atoms with van der Waals surface area (Å²) in [6.45, 7) is 1.24. The molecule has 0 saturated carbocycles. The summed E-state index contributed by atoms with van der Waals surface area (Å²) in [7, 11) is 1.59. The van der Waals surface area contributed by atoms with E-state index in [0.29, 0.717) is 11.4 Å². The standard InChI is InChI=1S/C22H26N6O3/c1-31-17-9-7-16(8-10-17)27(14-11-19(23)29)21(30)15-26-12-4-5-18(26)22-25-24-20-6-2-3-13-28(20)22/h2-3,6-10,13,18H,4-5,11-12,14-15H2,1H3,(H2,23,29)/t18-/m0/s1. The molecule has 1 aliphatic rings. The van der Waals surface area contributed by atoms with E-state index < -0.39 is 5.91 Å². The van der Waals surface area contributed by atoms with Crippen LogP contribution in [0.15, 0.2) is 48.7 Å². The monoisotopic (exact) mass is 422 g/mol. The maximum Gasteiger partial charge on any atom is 0.241 e. The lowest BCUT2D eigenvalue weighted by atomic mass is 10.2. The van der Waals surface area contributed by atoms with Crippen LogP contribution in [0.5, 0.6) is 5.75 Å². The van der Waals surface area contributed by atoms with Crippen LogP contribution in [0.2, 0.25) is 0 Å². The number of hydrogen-bond acceptors (Lipinski definition) is 6. The van der Waals surface area contributed by atoms with Gasteiger partial charge in [0, 0.05) is 24.8 Å². The summed E-state index contributed by atoms with van der Waals surface area (Å²) in [6, 6.07) is 13.0. The zero-order chi connectivity index (χ0) is 21.8. The smallest absolute Gasteiger partial charge is 0.241 e. The van der Waals surface area contributed by atoms with Gasteiger partial charge in [-0.15, -0.1) is 10.2 Å². The van der Waals surface area contributed by atoms with Crippen LogP contribution in [0.4, 0.5) is 5.69 Å². The molecular weight excluding hydrogens is 396 g/mol. The topological polar surface area (TPSA) is 106 Å². The molecule has 2 N–H and O–H groups in total. The van der Waals surface area contributed by atoms with Crippen LogP contribution in [0.3, 0.4) is 0 Å². The van der Waals surface area contributed by atoms with Crippen molar-refractivity contribution in [2.24, 2.45) is 5.73 Å². The predicted octanol–water partition coefficient (Wildman–Crippen LogP) is 1.78. The molecular formula is C22H26N6O3. The van der Waals surface area contributed by atoms with Gasteiger partial charge in [0.1, 0.15) is 5.75 Å². The van der Waals surface area contributed by atoms with Gasteiger partial charge in [0.2, 0.25) is 11.8 Å². The number of carbonyl (C=O) groups is 2. The van der Waals surface area contributed by atoms with Crippen LogP contribution < -0.4 is 15.4 Å². The number of anilines is 1. The summed E-state index contributed by atoms with van der Waals surface area (Å²) in [5.74, 6) is 1.01. The largest absolute Gasteiger partial charge is 0.497 e. The molecule has 4 rings (SSSR count). The summed E-state index contributed by atoms with van der Waals surface area (Å²) in [5, 5.41) is 8.64. The molecule has 31 heavy (non-hydrogen) atoms. The number of nitrogens with two attached hydrogens (primary N) is 1. The van der Waals surface area contributed by atoms with Gasteiger partial charge in [-0.05, 0) is 55.8 Å². The molecule has 1 aromatic carbocycles. The Kier molecular flexibility index (Phi) is 6.13. The number of methoxy groups -OCH3 is 1. The number of hydrogen-bond donors (Lipinski definition) is 1. The number of amides is 2. The molecule has 3 heterocycles. The zero-order valence-electron chi connectivity index (χ0n) is 17.5. The summed E-state index contributed by atoms with van der Waals surface area (Å²) in [5.41, 5.74) is 6.84. The maximum absolute atomic E-state index is 13.3. The van der Waals surface area contributed by atoms with Crippen molar-refractivity contribution < 1.29 is 14.3 Å². The highest BCUT2D eigenvalue weighted by Crippen LogP contribution is 2.31.